The SMILES string of the molecule is COc1cccc(C(=O)NCC(=O)N2CCCC2)c1N. The molecule has 0 radical (unpaired) electrons. The summed E-state index contributed by atoms with van der Waals surface area (Å²) in [7, 11) is 1.49. The fourth-order valence-corrected chi connectivity index (χ4v) is 2.25. The number of amides is 2. The van der Waals surface area contributed by atoms with Gasteiger partial charge in [-0.15, -0.1) is 0 Å². The molecule has 1 fully saturated rings. The van der Waals surface area contributed by atoms with Gasteiger partial charge in [0.1, 0.15) is 5.75 Å². The summed E-state index contributed by atoms with van der Waals surface area (Å²) in [6, 6.07) is 4.97. The second-order valence-electron chi connectivity index (χ2n) is 4.69. The van der Waals surface area contributed by atoms with Crippen molar-refractivity contribution in [1.82, 2.24) is 10.2 Å². The number of rotatable bonds is 4. The van der Waals surface area contributed by atoms with Gasteiger partial charge < -0.3 is 20.7 Å². The van der Waals surface area contributed by atoms with Gasteiger partial charge >= 0.3 is 0 Å². The van der Waals surface area contributed by atoms with E-state index in [0.29, 0.717) is 11.3 Å². The van der Waals surface area contributed by atoms with Gasteiger partial charge in [0, 0.05) is 13.1 Å². The third-order valence-corrected chi connectivity index (χ3v) is 3.39. The fraction of sp³-hybridized carbons (Fsp3) is 0.429. The van der Waals surface area contributed by atoms with Gasteiger partial charge in [0.15, 0.2) is 0 Å². The highest BCUT2D eigenvalue weighted by Gasteiger charge is 2.19. The standard InChI is InChI=1S/C14H19N3O3/c1-20-11-6-4-5-10(13(11)15)14(19)16-9-12(18)17-7-2-3-8-17/h4-6H,2-3,7-9,15H2,1H3,(H,16,19). The molecule has 0 unspecified atom stereocenters. The fourth-order valence-electron chi connectivity index (χ4n) is 2.25. The number of likely N-dealkylation sites (tertiary alicyclic amines) is 1. The summed E-state index contributed by atoms with van der Waals surface area (Å²) in [5, 5.41) is 2.60. The summed E-state index contributed by atoms with van der Waals surface area (Å²) >= 11 is 0. The first-order valence-corrected chi connectivity index (χ1v) is 6.62. The predicted molar refractivity (Wildman–Crippen MR) is 75.6 cm³/mol. The van der Waals surface area contributed by atoms with Crippen LogP contribution >= 0.6 is 0 Å². The van der Waals surface area contributed by atoms with E-state index in [-0.39, 0.29) is 24.0 Å². The van der Waals surface area contributed by atoms with E-state index in [0.717, 1.165) is 25.9 Å². The smallest absolute Gasteiger partial charge is 0.253 e. The second-order valence-corrected chi connectivity index (χ2v) is 4.69. The molecule has 1 aromatic rings. The number of benzene rings is 1. The lowest BCUT2D eigenvalue weighted by atomic mass is 10.1. The third kappa shape index (κ3) is 3.01. The maximum Gasteiger partial charge on any atom is 0.253 e. The van der Waals surface area contributed by atoms with Crippen molar-refractivity contribution < 1.29 is 14.3 Å². The Morgan fingerprint density at radius 3 is 2.70 bits per heavy atom. The van der Waals surface area contributed by atoms with Crippen LogP contribution in [-0.4, -0.2) is 43.5 Å². The Morgan fingerprint density at radius 1 is 1.35 bits per heavy atom. The summed E-state index contributed by atoms with van der Waals surface area (Å²) in [5.74, 6) is 0.0229. The molecule has 108 valence electrons. The zero-order valence-corrected chi connectivity index (χ0v) is 11.5. The summed E-state index contributed by atoms with van der Waals surface area (Å²) < 4.78 is 5.06. The third-order valence-electron chi connectivity index (χ3n) is 3.39. The average Bonchev–Trinajstić information content (AvgIpc) is 2.99. The highest BCUT2D eigenvalue weighted by molar-refractivity contribution is 6.01. The van der Waals surface area contributed by atoms with Crippen molar-refractivity contribution in [1.29, 1.82) is 0 Å². The van der Waals surface area contributed by atoms with Gasteiger partial charge in [-0.2, -0.15) is 0 Å². The van der Waals surface area contributed by atoms with E-state index in [1.54, 1.807) is 23.1 Å². The van der Waals surface area contributed by atoms with Gasteiger partial charge in [0.25, 0.3) is 5.91 Å². The topological polar surface area (TPSA) is 84.7 Å². The summed E-state index contributed by atoms with van der Waals surface area (Å²) in [6.07, 6.45) is 2.06. The molecule has 6 heteroatoms. The Bertz CT molecular complexity index is 510. The van der Waals surface area contributed by atoms with Crippen LogP contribution in [-0.2, 0) is 4.79 Å². The number of carbonyl (C=O) groups is 2. The minimum Gasteiger partial charge on any atom is -0.495 e. The Morgan fingerprint density at radius 2 is 2.05 bits per heavy atom. The molecular weight excluding hydrogens is 258 g/mol. The van der Waals surface area contributed by atoms with Crippen molar-refractivity contribution in [3.8, 4) is 5.75 Å². The van der Waals surface area contributed by atoms with Crippen LogP contribution in [0, 0.1) is 0 Å². The van der Waals surface area contributed by atoms with E-state index >= 15 is 0 Å². The molecule has 1 saturated heterocycles. The van der Waals surface area contributed by atoms with Gasteiger partial charge in [0.2, 0.25) is 5.91 Å². The van der Waals surface area contributed by atoms with E-state index in [4.69, 9.17) is 10.5 Å². The van der Waals surface area contributed by atoms with Crippen LogP contribution < -0.4 is 15.8 Å². The maximum atomic E-state index is 12.0. The van der Waals surface area contributed by atoms with Crippen LogP contribution in [0.3, 0.4) is 0 Å². The lowest BCUT2D eigenvalue weighted by molar-refractivity contribution is -0.129. The number of para-hydroxylation sites is 1. The number of nitrogens with one attached hydrogen (secondary N) is 1. The first-order chi connectivity index (χ1) is 9.63. The van der Waals surface area contributed by atoms with Crippen molar-refractivity contribution in [2.45, 2.75) is 12.8 Å². The first kappa shape index (κ1) is 14.2. The highest BCUT2D eigenvalue weighted by Crippen LogP contribution is 2.24. The number of anilines is 1. The second kappa shape index (κ2) is 6.27. The van der Waals surface area contributed by atoms with Gasteiger partial charge in [-0.3, -0.25) is 9.59 Å². The Hall–Kier alpha value is -2.24. The normalized spacial score (nSPS) is 14.2. The number of carbonyl (C=O) groups excluding carboxylic acids is 2. The number of nitrogens with zero attached hydrogens (tertiary/aromatic N) is 1. The summed E-state index contributed by atoms with van der Waals surface area (Å²) in [4.78, 5) is 25.6. The van der Waals surface area contributed by atoms with E-state index in [1.807, 2.05) is 0 Å². The monoisotopic (exact) mass is 277 g/mol. The molecule has 0 saturated carbocycles. The summed E-state index contributed by atoms with van der Waals surface area (Å²) in [5.41, 5.74) is 6.44. The first-order valence-electron chi connectivity index (χ1n) is 6.62. The van der Waals surface area contributed by atoms with E-state index in [9.17, 15) is 9.59 Å². The number of ether oxygens (including phenoxy) is 1. The molecule has 1 aliphatic heterocycles. The van der Waals surface area contributed by atoms with Crippen LogP contribution in [0.2, 0.25) is 0 Å². The van der Waals surface area contributed by atoms with Crippen LogP contribution in [0.4, 0.5) is 5.69 Å². The largest absolute Gasteiger partial charge is 0.495 e. The van der Waals surface area contributed by atoms with Gasteiger partial charge in [-0.25, -0.2) is 0 Å². The lowest BCUT2D eigenvalue weighted by Crippen LogP contribution is -2.38. The number of methoxy groups -OCH3 is 1. The van der Waals surface area contributed by atoms with Gasteiger partial charge in [-0.1, -0.05) is 6.07 Å². The zero-order chi connectivity index (χ0) is 14.5. The van der Waals surface area contributed by atoms with Crippen molar-refractivity contribution >= 4 is 17.5 Å². The Labute approximate surface area is 117 Å². The van der Waals surface area contributed by atoms with Crippen molar-refractivity contribution in [2.75, 3.05) is 32.5 Å². The molecule has 2 rings (SSSR count). The van der Waals surface area contributed by atoms with Crippen molar-refractivity contribution in [2.24, 2.45) is 0 Å². The molecule has 6 nitrogen and oxygen atoms in total. The van der Waals surface area contributed by atoms with Crippen LogP contribution in [0.15, 0.2) is 18.2 Å². The Kier molecular flexibility index (Phi) is 4.45. The number of nitrogen functional groups attached to an aromatic ring is 1. The molecule has 1 aromatic carbocycles. The average molecular weight is 277 g/mol. The molecule has 3 N–H and O–H groups in total. The number of nitrogens with two attached hydrogens (primary N) is 1. The molecule has 1 aliphatic rings. The minimum absolute atomic E-state index is 0.00448. The Balaban J connectivity index is 1.96. The molecule has 0 atom stereocenters. The van der Waals surface area contributed by atoms with Crippen LogP contribution in [0.25, 0.3) is 0 Å². The van der Waals surface area contributed by atoms with Crippen molar-refractivity contribution in [3.05, 3.63) is 23.8 Å². The van der Waals surface area contributed by atoms with Gasteiger partial charge in [-0.05, 0) is 25.0 Å². The number of hydrogen-bond donors (Lipinski definition) is 2. The van der Waals surface area contributed by atoms with Crippen LogP contribution in [0.5, 0.6) is 5.75 Å². The molecule has 2 amide bonds. The molecule has 0 spiro atoms. The molecule has 0 aliphatic carbocycles. The maximum absolute atomic E-state index is 12.0. The molecule has 0 bridgehead atoms. The molecule has 0 aromatic heterocycles. The highest BCUT2D eigenvalue weighted by atomic mass is 16.5. The van der Waals surface area contributed by atoms with Gasteiger partial charge in [0.05, 0.1) is 24.9 Å². The molecule has 1 heterocycles. The van der Waals surface area contributed by atoms with Crippen LogP contribution in [0.1, 0.15) is 23.2 Å². The minimum atomic E-state index is -0.367. The predicted octanol–water partition coefficient (Wildman–Crippen LogP) is 0.630. The van der Waals surface area contributed by atoms with E-state index in [2.05, 4.69) is 5.32 Å². The summed E-state index contributed by atoms with van der Waals surface area (Å²) in [6.45, 7) is 1.54. The van der Waals surface area contributed by atoms with E-state index in [1.165, 1.54) is 7.11 Å². The zero-order valence-electron chi connectivity index (χ0n) is 11.5. The lowest BCUT2D eigenvalue weighted by Gasteiger charge is -2.16. The van der Waals surface area contributed by atoms with E-state index < -0.39 is 0 Å². The molecule has 20 heavy (non-hydrogen) atoms. The number of hydrogen-bond acceptors (Lipinski definition) is 4. The van der Waals surface area contributed by atoms with Crippen molar-refractivity contribution in [3.63, 3.8) is 0 Å². The quantitative estimate of drug-likeness (QED) is 0.791. The molecular formula is C14H19N3O3.